The molecule has 0 amide bonds. The van der Waals surface area contributed by atoms with Gasteiger partial charge in [0.05, 0.1) is 0 Å². The predicted molar refractivity (Wildman–Crippen MR) is 85.6 cm³/mol. The average Bonchev–Trinajstić information content (AvgIpc) is 3.34. The van der Waals surface area contributed by atoms with Crippen molar-refractivity contribution in [3.63, 3.8) is 0 Å². The molecular weight excluding hydrogens is 292 g/mol. The Balaban J connectivity index is 1.66. The van der Waals surface area contributed by atoms with Gasteiger partial charge in [-0.15, -0.1) is 0 Å². The molecule has 1 aliphatic heterocycles. The highest BCUT2D eigenvalue weighted by atomic mass is 16.6. The van der Waals surface area contributed by atoms with Crippen LogP contribution in [0.3, 0.4) is 0 Å². The van der Waals surface area contributed by atoms with Crippen LogP contribution in [-0.4, -0.2) is 11.9 Å². The molecule has 0 bridgehead atoms. The molecule has 0 unspecified atom stereocenters. The van der Waals surface area contributed by atoms with E-state index in [9.17, 15) is 9.59 Å². The van der Waals surface area contributed by atoms with Crippen molar-refractivity contribution in [3.8, 4) is 0 Å². The lowest BCUT2D eigenvalue weighted by Gasteiger charge is -2.00. The van der Waals surface area contributed by atoms with E-state index in [-0.39, 0.29) is 17.5 Å². The molecule has 4 nitrogen and oxygen atoms in total. The van der Waals surface area contributed by atoms with Crippen molar-refractivity contribution in [3.05, 3.63) is 81.7 Å². The average molecular weight is 306 g/mol. The first kappa shape index (κ1) is 13.9. The third-order valence-corrected chi connectivity index (χ3v) is 4.03. The third-order valence-electron chi connectivity index (χ3n) is 4.03. The number of hydrogen-bond acceptors (Lipinski definition) is 4. The summed E-state index contributed by atoms with van der Waals surface area (Å²) in [5, 5.41) is 0.725. The molecule has 4 rings (SSSR count). The quantitative estimate of drug-likeness (QED) is 0.422. The van der Waals surface area contributed by atoms with Gasteiger partial charge in [0, 0.05) is 5.39 Å². The molecule has 0 radical (unpaired) electrons. The molecule has 4 heteroatoms. The first-order valence-electron chi connectivity index (χ1n) is 7.42. The molecule has 0 saturated carbocycles. The van der Waals surface area contributed by atoms with Crippen LogP contribution in [0.15, 0.2) is 63.8 Å². The number of carbonyl (C=O) groups is 1. The summed E-state index contributed by atoms with van der Waals surface area (Å²) in [6.07, 6.45) is -0.894. The Kier molecular flexibility index (Phi) is 3.13. The van der Waals surface area contributed by atoms with Crippen molar-refractivity contribution in [1.29, 1.82) is 0 Å². The molecule has 3 aromatic rings. The lowest BCUT2D eigenvalue weighted by atomic mass is 10.0. The fourth-order valence-electron chi connectivity index (χ4n) is 2.80. The highest BCUT2D eigenvalue weighted by molar-refractivity contribution is 6.02. The van der Waals surface area contributed by atoms with E-state index in [2.05, 4.69) is 0 Å². The molecule has 1 aliphatic rings. The molecule has 2 aromatic carbocycles. The van der Waals surface area contributed by atoms with Gasteiger partial charge >= 0.3 is 5.63 Å². The largest absolute Gasteiger partial charge is 0.422 e. The maximum absolute atomic E-state index is 12.6. The molecule has 1 fully saturated rings. The number of aryl methyl sites for hydroxylation is 1. The first-order valence-corrected chi connectivity index (χ1v) is 7.42. The van der Waals surface area contributed by atoms with Gasteiger partial charge in [-0.25, -0.2) is 4.79 Å². The zero-order chi connectivity index (χ0) is 16.0. The normalized spacial score (nSPS) is 19.7. The van der Waals surface area contributed by atoms with E-state index < -0.39 is 11.7 Å². The summed E-state index contributed by atoms with van der Waals surface area (Å²) >= 11 is 0. The molecule has 0 N–H and O–H groups in total. The van der Waals surface area contributed by atoms with Crippen molar-refractivity contribution in [2.45, 2.75) is 19.1 Å². The van der Waals surface area contributed by atoms with Crippen molar-refractivity contribution < 1.29 is 13.9 Å². The molecule has 0 spiro atoms. The number of benzene rings is 2. The van der Waals surface area contributed by atoms with Gasteiger partial charge in [-0.3, -0.25) is 4.79 Å². The minimum atomic E-state index is -0.618. The second kappa shape index (κ2) is 5.18. The van der Waals surface area contributed by atoms with E-state index in [0.717, 1.165) is 16.5 Å². The van der Waals surface area contributed by atoms with E-state index in [1.807, 2.05) is 37.3 Å². The minimum absolute atomic E-state index is 0.0452. The van der Waals surface area contributed by atoms with Crippen LogP contribution < -0.4 is 5.63 Å². The van der Waals surface area contributed by atoms with E-state index in [1.54, 1.807) is 24.3 Å². The van der Waals surface area contributed by atoms with Gasteiger partial charge in [0.2, 0.25) is 5.78 Å². The van der Waals surface area contributed by atoms with Crippen LogP contribution >= 0.6 is 0 Å². The van der Waals surface area contributed by atoms with Crippen LogP contribution in [0.25, 0.3) is 11.0 Å². The standard InChI is InChI=1S/C19H14O4/c1-11-5-4-7-13(9-11)17-18(23-17)16(20)14-10-12-6-2-3-8-15(12)22-19(14)21/h2-10,17-18H,1H3/t17-,18-/m1/s1. The number of epoxide rings is 1. The van der Waals surface area contributed by atoms with Crippen LogP contribution in [0, 0.1) is 6.92 Å². The van der Waals surface area contributed by atoms with Crippen LogP contribution in [0.2, 0.25) is 0 Å². The maximum atomic E-state index is 12.6. The summed E-state index contributed by atoms with van der Waals surface area (Å²) < 4.78 is 10.7. The van der Waals surface area contributed by atoms with Gasteiger partial charge < -0.3 is 9.15 Å². The number of hydrogen-bond donors (Lipinski definition) is 0. The maximum Gasteiger partial charge on any atom is 0.347 e. The van der Waals surface area contributed by atoms with Gasteiger partial charge in [0.1, 0.15) is 17.3 Å². The van der Waals surface area contributed by atoms with Crippen molar-refractivity contribution in [2.75, 3.05) is 0 Å². The van der Waals surface area contributed by atoms with Crippen LogP contribution in [0.5, 0.6) is 0 Å². The van der Waals surface area contributed by atoms with Gasteiger partial charge in [-0.1, -0.05) is 48.0 Å². The van der Waals surface area contributed by atoms with Crippen molar-refractivity contribution in [2.24, 2.45) is 0 Å². The SMILES string of the molecule is Cc1cccc([C@H]2O[C@@H]2C(=O)c2cc3ccccc3oc2=O)c1. The third kappa shape index (κ3) is 2.47. The smallest absolute Gasteiger partial charge is 0.347 e. The number of carbonyl (C=O) groups excluding carboxylic acids is 1. The number of ether oxygens (including phenoxy) is 1. The fraction of sp³-hybridized carbons (Fsp3) is 0.158. The van der Waals surface area contributed by atoms with E-state index in [0.29, 0.717) is 5.58 Å². The minimum Gasteiger partial charge on any atom is -0.422 e. The molecule has 2 atom stereocenters. The Labute approximate surface area is 132 Å². The Bertz CT molecular complexity index is 970. The van der Waals surface area contributed by atoms with Gasteiger partial charge in [-0.2, -0.15) is 0 Å². The summed E-state index contributed by atoms with van der Waals surface area (Å²) in [4.78, 5) is 24.6. The zero-order valence-electron chi connectivity index (χ0n) is 12.5. The van der Waals surface area contributed by atoms with Crippen LogP contribution in [0.4, 0.5) is 0 Å². The lowest BCUT2D eigenvalue weighted by molar-refractivity contribution is 0.0950. The Morgan fingerprint density at radius 3 is 2.70 bits per heavy atom. The highest BCUT2D eigenvalue weighted by Crippen LogP contribution is 2.40. The molecular formula is C19H14O4. The second-order valence-electron chi connectivity index (χ2n) is 5.74. The monoisotopic (exact) mass is 306 g/mol. The van der Waals surface area contributed by atoms with Gasteiger partial charge in [0.25, 0.3) is 0 Å². The number of fused-ring (bicyclic) bond motifs is 1. The predicted octanol–water partition coefficient (Wildman–Crippen LogP) is 3.42. The van der Waals surface area contributed by atoms with E-state index >= 15 is 0 Å². The molecule has 2 heterocycles. The van der Waals surface area contributed by atoms with Crippen LogP contribution in [-0.2, 0) is 4.74 Å². The molecule has 1 saturated heterocycles. The summed E-state index contributed by atoms with van der Waals surface area (Å²) in [6.45, 7) is 1.99. The number of rotatable bonds is 3. The van der Waals surface area contributed by atoms with Gasteiger partial charge in [0.15, 0.2) is 6.10 Å². The topological polar surface area (TPSA) is 59.8 Å². The second-order valence-corrected chi connectivity index (χ2v) is 5.74. The lowest BCUT2D eigenvalue weighted by Crippen LogP contribution is -2.18. The van der Waals surface area contributed by atoms with E-state index in [1.165, 1.54) is 0 Å². The molecule has 114 valence electrons. The zero-order valence-corrected chi connectivity index (χ0v) is 12.5. The molecule has 0 aliphatic carbocycles. The highest BCUT2D eigenvalue weighted by Gasteiger charge is 2.47. The summed E-state index contributed by atoms with van der Waals surface area (Å²) in [5.41, 5.74) is 1.96. The molecule has 23 heavy (non-hydrogen) atoms. The Morgan fingerprint density at radius 1 is 1.04 bits per heavy atom. The summed E-state index contributed by atoms with van der Waals surface area (Å²) in [5.74, 6) is -0.323. The number of Topliss-reactive ketones (excluding diaryl/α,β-unsaturated/α-hetero) is 1. The molecule has 1 aromatic heterocycles. The van der Waals surface area contributed by atoms with Gasteiger partial charge in [-0.05, 0) is 24.6 Å². The first-order chi connectivity index (χ1) is 11.1. The Morgan fingerprint density at radius 2 is 1.87 bits per heavy atom. The van der Waals surface area contributed by atoms with Crippen LogP contribution in [0.1, 0.15) is 27.6 Å². The van der Waals surface area contributed by atoms with Crippen molar-refractivity contribution >= 4 is 16.8 Å². The Hall–Kier alpha value is -2.72. The number of ketones is 1. The number of para-hydroxylation sites is 1. The van der Waals surface area contributed by atoms with E-state index in [4.69, 9.17) is 9.15 Å². The van der Waals surface area contributed by atoms with Crippen molar-refractivity contribution in [1.82, 2.24) is 0 Å². The summed E-state index contributed by atoms with van der Waals surface area (Å²) in [6, 6.07) is 16.5. The summed E-state index contributed by atoms with van der Waals surface area (Å²) in [7, 11) is 0. The fourth-order valence-corrected chi connectivity index (χ4v) is 2.80.